The number of piperidine rings is 1. The van der Waals surface area contributed by atoms with Gasteiger partial charge in [-0.2, -0.15) is 0 Å². The van der Waals surface area contributed by atoms with Crippen LogP contribution in [0.25, 0.3) is 0 Å². The number of amides is 1. The normalized spacial score (nSPS) is 19.6. The van der Waals surface area contributed by atoms with Gasteiger partial charge in [0.1, 0.15) is 5.60 Å². The number of thioether (sulfide) groups is 1. The zero-order chi connectivity index (χ0) is 18.4. The lowest BCUT2D eigenvalue weighted by Crippen LogP contribution is -2.50. The zero-order valence-electron chi connectivity index (χ0n) is 16.2. The predicted octanol–water partition coefficient (Wildman–Crippen LogP) is 4.85. The SMILES string of the molecule is CSc1ccc(C(C)NCC2CCCCN2C(=O)OC(C)(C)C)cc1. The number of carbonyl (C=O) groups excluding carboxylic acids is 1. The number of hydrogen-bond acceptors (Lipinski definition) is 4. The molecule has 4 nitrogen and oxygen atoms in total. The number of benzene rings is 1. The largest absolute Gasteiger partial charge is 0.444 e. The molecule has 2 unspecified atom stereocenters. The van der Waals surface area contributed by atoms with Gasteiger partial charge in [-0.1, -0.05) is 12.1 Å². The highest BCUT2D eigenvalue weighted by Crippen LogP contribution is 2.22. The fraction of sp³-hybridized carbons (Fsp3) is 0.650. The van der Waals surface area contributed by atoms with E-state index < -0.39 is 5.60 Å². The van der Waals surface area contributed by atoms with Gasteiger partial charge in [-0.05, 0) is 70.9 Å². The van der Waals surface area contributed by atoms with Crippen molar-refractivity contribution in [1.29, 1.82) is 0 Å². The molecule has 0 aliphatic carbocycles. The smallest absolute Gasteiger partial charge is 0.410 e. The van der Waals surface area contributed by atoms with Gasteiger partial charge in [0.25, 0.3) is 0 Å². The summed E-state index contributed by atoms with van der Waals surface area (Å²) in [6.45, 7) is 9.52. The number of hydrogen-bond donors (Lipinski definition) is 1. The lowest BCUT2D eigenvalue weighted by atomic mass is 10.0. The summed E-state index contributed by atoms with van der Waals surface area (Å²) >= 11 is 1.75. The van der Waals surface area contributed by atoms with Gasteiger partial charge in [-0.15, -0.1) is 11.8 Å². The molecule has 0 radical (unpaired) electrons. The van der Waals surface area contributed by atoms with E-state index in [1.807, 2.05) is 25.7 Å². The summed E-state index contributed by atoms with van der Waals surface area (Å²) in [6.07, 6.45) is 5.16. The van der Waals surface area contributed by atoms with Crippen LogP contribution in [0.4, 0.5) is 4.79 Å². The Bertz CT molecular complexity index is 554. The summed E-state index contributed by atoms with van der Waals surface area (Å²) in [5.74, 6) is 0. The first-order chi connectivity index (χ1) is 11.8. The standard InChI is InChI=1S/C20H32N2O2S/c1-15(16-9-11-18(25-5)12-10-16)21-14-17-8-6-7-13-22(17)19(23)24-20(2,3)4/h9-12,15,17,21H,6-8,13-14H2,1-5H3. The number of likely N-dealkylation sites (tertiary alicyclic amines) is 1. The van der Waals surface area contributed by atoms with Crippen LogP contribution in [0.15, 0.2) is 29.2 Å². The van der Waals surface area contributed by atoms with Crippen molar-refractivity contribution in [3.8, 4) is 0 Å². The third kappa shape index (κ3) is 6.23. The second-order valence-corrected chi connectivity index (χ2v) is 8.61. The third-order valence-electron chi connectivity index (χ3n) is 4.53. The van der Waals surface area contributed by atoms with E-state index in [0.29, 0.717) is 0 Å². The Hall–Kier alpha value is -1.20. The molecule has 1 N–H and O–H groups in total. The average Bonchev–Trinajstić information content (AvgIpc) is 2.58. The first kappa shape index (κ1) is 20.1. The molecule has 1 aromatic rings. The average molecular weight is 365 g/mol. The predicted molar refractivity (Wildman–Crippen MR) is 105 cm³/mol. The maximum absolute atomic E-state index is 12.5. The minimum atomic E-state index is -0.446. The van der Waals surface area contributed by atoms with Gasteiger partial charge in [-0.3, -0.25) is 0 Å². The van der Waals surface area contributed by atoms with Crippen LogP contribution in [0.3, 0.4) is 0 Å². The molecule has 0 aromatic heterocycles. The maximum Gasteiger partial charge on any atom is 0.410 e. The van der Waals surface area contributed by atoms with Gasteiger partial charge in [0.05, 0.1) is 0 Å². The van der Waals surface area contributed by atoms with Crippen molar-refractivity contribution in [1.82, 2.24) is 10.2 Å². The summed E-state index contributed by atoms with van der Waals surface area (Å²) in [7, 11) is 0. The molecule has 1 aliphatic heterocycles. The molecule has 5 heteroatoms. The van der Waals surface area contributed by atoms with Gasteiger partial charge in [-0.25, -0.2) is 4.79 Å². The minimum absolute atomic E-state index is 0.184. The van der Waals surface area contributed by atoms with Crippen molar-refractivity contribution < 1.29 is 9.53 Å². The Morgan fingerprint density at radius 1 is 1.32 bits per heavy atom. The van der Waals surface area contributed by atoms with Crippen molar-refractivity contribution in [2.75, 3.05) is 19.3 Å². The molecule has 1 saturated heterocycles. The Morgan fingerprint density at radius 2 is 2.00 bits per heavy atom. The Morgan fingerprint density at radius 3 is 2.60 bits per heavy atom. The number of nitrogens with one attached hydrogen (secondary N) is 1. The van der Waals surface area contributed by atoms with Crippen molar-refractivity contribution >= 4 is 17.9 Å². The summed E-state index contributed by atoms with van der Waals surface area (Å²) in [5, 5.41) is 3.60. The molecule has 1 amide bonds. The second kappa shape index (κ2) is 8.95. The highest BCUT2D eigenvalue weighted by molar-refractivity contribution is 7.98. The van der Waals surface area contributed by atoms with E-state index in [9.17, 15) is 4.79 Å². The number of rotatable bonds is 5. The van der Waals surface area contributed by atoms with Crippen LogP contribution in [0, 0.1) is 0 Å². The van der Waals surface area contributed by atoms with Gasteiger partial charge < -0.3 is 15.0 Å². The summed E-state index contributed by atoms with van der Waals surface area (Å²) < 4.78 is 5.58. The Labute approximate surface area is 156 Å². The number of ether oxygens (including phenoxy) is 1. The van der Waals surface area contributed by atoms with Gasteiger partial charge >= 0.3 is 6.09 Å². The first-order valence-corrected chi connectivity index (χ1v) is 10.4. The highest BCUT2D eigenvalue weighted by Gasteiger charge is 2.30. The van der Waals surface area contributed by atoms with Gasteiger partial charge in [0.2, 0.25) is 0 Å². The molecule has 140 valence electrons. The molecule has 2 rings (SSSR count). The van der Waals surface area contributed by atoms with Crippen LogP contribution in [-0.4, -0.2) is 42.0 Å². The van der Waals surface area contributed by atoms with Crippen LogP contribution in [0.2, 0.25) is 0 Å². The zero-order valence-corrected chi connectivity index (χ0v) is 17.0. The number of nitrogens with zero attached hydrogens (tertiary/aromatic N) is 1. The van der Waals surface area contributed by atoms with Crippen molar-refractivity contribution in [3.05, 3.63) is 29.8 Å². The summed E-state index contributed by atoms with van der Waals surface area (Å²) in [4.78, 5) is 15.7. The molecule has 1 aliphatic rings. The molecule has 1 aromatic carbocycles. The molecule has 0 saturated carbocycles. The van der Waals surface area contributed by atoms with Gasteiger partial charge in [0.15, 0.2) is 0 Å². The first-order valence-electron chi connectivity index (χ1n) is 9.17. The quantitative estimate of drug-likeness (QED) is 0.759. The van der Waals surface area contributed by atoms with Crippen molar-refractivity contribution in [3.63, 3.8) is 0 Å². The molecule has 1 fully saturated rings. The van der Waals surface area contributed by atoms with Crippen LogP contribution >= 0.6 is 11.8 Å². The molecule has 1 heterocycles. The van der Waals surface area contributed by atoms with Crippen molar-refractivity contribution in [2.45, 2.75) is 69.5 Å². The fourth-order valence-corrected chi connectivity index (χ4v) is 3.51. The number of carbonyl (C=O) groups is 1. The second-order valence-electron chi connectivity index (χ2n) is 7.73. The Balaban J connectivity index is 1.92. The third-order valence-corrected chi connectivity index (χ3v) is 5.27. The van der Waals surface area contributed by atoms with Gasteiger partial charge in [0, 0.05) is 30.1 Å². The fourth-order valence-electron chi connectivity index (χ4n) is 3.10. The Kier molecular flexibility index (Phi) is 7.20. The van der Waals surface area contributed by atoms with E-state index >= 15 is 0 Å². The van der Waals surface area contributed by atoms with Crippen LogP contribution in [-0.2, 0) is 4.74 Å². The molecule has 25 heavy (non-hydrogen) atoms. The highest BCUT2D eigenvalue weighted by atomic mass is 32.2. The van der Waals surface area contributed by atoms with Crippen LogP contribution < -0.4 is 5.32 Å². The molecule has 2 atom stereocenters. The van der Waals surface area contributed by atoms with E-state index in [1.54, 1.807) is 11.8 Å². The summed E-state index contributed by atoms with van der Waals surface area (Å²) in [5.41, 5.74) is 0.830. The van der Waals surface area contributed by atoms with E-state index in [0.717, 1.165) is 25.9 Å². The van der Waals surface area contributed by atoms with E-state index in [2.05, 4.69) is 42.8 Å². The molecule has 0 spiro atoms. The maximum atomic E-state index is 12.5. The van der Waals surface area contributed by atoms with Crippen molar-refractivity contribution in [2.24, 2.45) is 0 Å². The lowest BCUT2D eigenvalue weighted by molar-refractivity contribution is 0.00970. The van der Waals surface area contributed by atoms with Crippen LogP contribution in [0.1, 0.15) is 58.6 Å². The van der Waals surface area contributed by atoms with Crippen LogP contribution in [0.5, 0.6) is 0 Å². The van der Waals surface area contributed by atoms with E-state index in [1.165, 1.54) is 16.9 Å². The molecular weight excluding hydrogens is 332 g/mol. The molecular formula is C20H32N2O2S. The monoisotopic (exact) mass is 364 g/mol. The van der Waals surface area contributed by atoms with E-state index in [4.69, 9.17) is 4.74 Å². The molecule has 0 bridgehead atoms. The van der Waals surface area contributed by atoms with E-state index in [-0.39, 0.29) is 18.2 Å². The summed E-state index contributed by atoms with van der Waals surface area (Å²) in [6, 6.07) is 9.14. The minimum Gasteiger partial charge on any atom is -0.444 e. The topological polar surface area (TPSA) is 41.6 Å². The lowest BCUT2D eigenvalue weighted by Gasteiger charge is -2.37.